The second-order valence-corrected chi connectivity index (χ2v) is 4.04. The van der Waals surface area contributed by atoms with E-state index < -0.39 is 0 Å². The van der Waals surface area contributed by atoms with Crippen LogP contribution >= 0.6 is 0 Å². The van der Waals surface area contributed by atoms with Crippen LogP contribution in [0.5, 0.6) is 0 Å². The second-order valence-electron chi connectivity index (χ2n) is 4.04. The Morgan fingerprint density at radius 1 is 1.00 bits per heavy atom. The highest BCUT2D eigenvalue weighted by molar-refractivity contribution is 4.82. The smallest absolute Gasteiger partial charge is 0.0628 e. The van der Waals surface area contributed by atoms with E-state index >= 15 is 0 Å². The number of methoxy groups -OCH3 is 1. The van der Waals surface area contributed by atoms with Crippen LogP contribution in [0.2, 0.25) is 0 Å². The highest BCUT2D eigenvalue weighted by Gasteiger charge is 2.31. The summed E-state index contributed by atoms with van der Waals surface area (Å²) < 4.78 is 11.2. The van der Waals surface area contributed by atoms with Crippen LogP contribution in [0.15, 0.2) is 0 Å². The van der Waals surface area contributed by atoms with E-state index in [-0.39, 0.29) is 0 Å². The molecule has 2 aliphatic rings. The van der Waals surface area contributed by atoms with E-state index in [1.54, 1.807) is 7.11 Å². The van der Waals surface area contributed by atoms with Crippen LogP contribution in [0.3, 0.4) is 0 Å². The van der Waals surface area contributed by atoms with Gasteiger partial charge in [-0.3, -0.25) is 0 Å². The first-order chi connectivity index (χ1) is 6.38. The maximum absolute atomic E-state index is 5.94. The van der Waals surface area contributed by atoms with Gasteiger partial charge >= 0.3 is 0 Å². The van der Waals surface area contributed by atoms with E-state index in [1.807, 2.05) is 0 Å². The van der Waals surface area contributed by atoms with Gasteiger partial charge in [-0.2, -0.15) is 0 Å². The maximum Gasteiger partial charge on any atom is 0.0628 e. The van der Waals surface area contributed by atoms with E-state index in [2.05, 4.69) is 5.32 Å². The van der Waals surface area contributed by atoms with Crippen molar-refractivity contribution in [3.8, 4) is 0 Å². The third-order valence-corrected chi connectivity index (χ3v) is 3.06. The van der Waals surface area contributed by atoms with E-state index in [0.717, 1.165) is 25.9 Å². The zero-order valence-electron chi connectivity index (χ0n) is 8.29. The van der Waals surface area contributed by atoms with Gasteiger partial charge in [-0.05, 0) is 38.8 Å². The lowest BCUT2D eigenvalue weighted by molar-refractivity contribution is -0.120. The highest BCUT2D eigenvalue weighted by atomic mass is 16.5. The van der Waals surface area contributed by atoms with Gasteiger partial charge in [-0.25, -0.2) is 0 Å². The molecule has 0 bridgehead atoms. The Hall–Kier alpha value is -0.120. The van der Waals surface area contributed by atoms with Crippen LogP contribution in [0.1, 0.15) is 25.7 Å². The van der Waals surface area contributed by atoms with Gasteiger partial charge in [0.2, 0.25) is 0 Å². The number of hydrogen-bond acceptors (Lipinski definition) is 3. The first-order valence-electron chi connectivity index (χ1n) is 5.27. The van der Waals surface area contributed by atoms with Crippen molar-refractivity contribution in [3.63, 3.8) is 0 Å². The molecule has 3 heteroatoms. The molecule has 2 rings (SSSR count). The lowest BCUT2D eigenvalue weighted by atomic mass is 9.91. The highest BCUT2D eigenvalue weighted by Crippen LogP contribution is 2.28. The van der Waals surface area contributed by atoms with Crippen molar-refractivity contribution in [1.82, 2.24) is 5.32 Å². The molecule has 0 aromatic rings. The zero-order valence-corrected chi connectivity index (χ0v) is 8.29. The maximum atomic E-state index is 5.94. The van der Waals surface area contributed by atoms with Gasteiger partial charge in [0.15, 0.2) is 0 Å². The molecule has 1 aliphatic heterocycles. The van der Waals surface area contributed by atoms with E-state index in [1.165, 1.54) is 12.8 Å². The molecule has 76 valence electrons. The van der Waals surface area contributed by atoms with Gasteiger partial charge in [0.25, 0.3) is 0 Å². The normalized spacial score (nSPS) is 35.8. The second kappa shape index (κ2) is 4.40. The Morgan fingerprint density at radius 2 is 1.69 bits per heavy atom. The van der Waals surface area contributed by atoms with Crippen LogP contribution < -0.4 is 5.32 Å². The first kappa shape index (κ1) is 9.44. The third kappa shape index (κ3) is 2.42. The SMILES string of the molecule is CO[C@H]1C[C@H](OC2CCNCC2)C1. The Kier molecular flexibility index (Phi) is 3.19. The van der Waals surface area contributed by atoms with Crippen LogP contribution in [0.4, 0.5) is 0 Å². The Morgan fingerprint density at radius 3 is 2.31 bits per heavy atom. The Bertz CT molecular complexity index is 151. The molecule has 3 nitrogen and oxygen atoms in total. The van der Waals surface area contributed by atoms with Crippen molar-refractivity contribution in [2.45, 2.75) is 44.0 Å². The fourth-order valence-electron chi connectivity index (χ4n) is 2.02. The minimum atomic E-state index is 0.465. The molecule has 0 amide bonds. The topological polar surface area (TPSA) is 30.5 Å². The lowest BCUT2D eigenvalue weighted by Gasteiger charge is -2.37. The molecule has 0 aromatic carbocycles. The summed E-state index contributed by atoms with van der Waals surface area (Å²) in [5.41, 5.74) is 0. The molecule has 0 unspecified atom stereocenters. The third-order valence-electron chi connectivity index (χ3n) is 3.06. The summed E-state index contributed by atoms with van der Waals surface area (Å²) >= 11 is 0. The van der Waals surface area contributed by atoms with E-state index in [9.17, 15) is 0 Å². The summed E-state index contributed by atoms with van der Waals surface area (Å²) in [5.74, 6) is 0. The van der Waals surface area contributed by atoms with Crippen molar-refractivity contribution in [2.75, 3.05) is 20.2 Å². The summed E-state index contributed by atoms with van der Waals surface area (Å²) in [6, 6.07) is 0. The van der Waals surface area contributed by atoms with Crippen LogP contribution in [-0.4, -0.2) is 38.5 Å². The van der Waals surface area contributed by atoms with E-state index in [0.29, 0.717) is 18.3 Å². The molecule has 2 fully saturated rings. The minimum Gasteiger partial charge on any atom is -0.381 e. The molecule has 0 radical (unpaired) electrons. The molecule has 1 aliphatic carbocycles. The molecule has 13 heavy (non-hydrogen) atoms. The van der Waals surface area contributed by atoms with Gasteiger partial charge in [-0.15, -0.1) is 0 Å². The van der Waals surface area contributed by atoms with Crippen molar-refractivity contribution >= 4 is 0 Å². The van der Waals surface area contributed by atoms with Crippen LogP contribution in [0.25, 0.3) is 0 Å². The first-order valence-corrected chi connectivity index (χ1v) is 5.27. The molecular weight excluding hydrogens is 166 g/mol. The predicted molar refractivity (Wildman–Crippen MR) is 50.8 cm³/mol. The van der Waals surface area contributed by atoms with Crippen LogP contribution in [0, 0.1) is 0 Å². The fraction of sp³-hybridized carbons (Fsp3) is 1.00. The number of hydrogen-bond donors (Lipinski definition) is 1. The van der Waals surface area contributed by atoms with E-state index in [4.69, 9.17) is 9.47 Å². The minimum absolute atomic E-state index is 0.465. The van der Waals surface area contributed by atoms with Crippen LogP contribution in [-0.2, 0) is 9.47 Å². The average molecular weight is 185 g/mol. The summed E-state index contributed by atoms with van der Waals surface area (Å²) in [5, 5.41) is 3.34. The molecule has 0 atom stereocenters. The van der Waals surface area contributed by atoms with Gasteiger partial charge in [-0.1, -0.05) is 0 Å². The molecular formula is C10H19NO2. The molecule has 1 heterocycles. The molecule has 1 saturated carbocycles. The quantitative estimate of drug-likeness (QED) is 0.709. The average Bonchev–Trinajstić information content (AvgIpc) is 2.12. The van der Waals surface area contributed by atoms with Gasteiger partial charge < -0.3 is 14.8 Å². The number of nitrogens with one attached hydrogen (secondary N) is 1. The summed E-state index contributed by atoms with van der Waals surface area (Å²) in [6.45, 7) is 2.23. The lowest BCUT2D eigenvalue weighted by Crippen LogP contribution is -2.42. The van der Waals surface area contributed by atoms with Gasteiger partial charge in [0.1, 0.15) is 0 Å². The van der Waals surface area contributed by atoms with Crippen molar-refractivity contribution in [3.05, 3.63) is 0 Å². The number of piperidine rings is 1. The van der Waals surface area contributed by atoms with Crippen molar-refractivity contribution < 1.29 is 9.47 Å². The van der Waals surface area contributed by atoms with Crippen molar-refractivity contribution in [2.24, 2.45) is 0 Å². The molecule has 1 N–H and O–H groups in total. The number of rotatable bonds is 3. The van der Waals surface area contributed by atoms with Gasteiger partial charge in [0, 0.05) is 7.11 Å². The predicted octanol–water partition coefficient (Wildman–Crippen LogP) is 0.932. The fourth-order valence-corrected chi connectivity index (χ4v) is 2.02. The van der Waals surface area contributed by atoms with Crippen molar-refractivity contribution in [1.29, 1.82) is 0 Å². The Balaban J connectivity index is 1.62. The zero-order chi connectivity index (χ0) is 9.10. The summed E-state index contributed by atoms with van der Waals surface area (Å²) in [7, 11) is 1.78. The van der Waals surface area contributed by atoms with Gasteiger partial charge in [0.05, 0.1) is 18.3 Å². The monoisotopic (exact) mass is 185 g/mol. The standard InChI is InChI=1S/C10H19NO2/c1-12-9-6-10(7-9)13-8-2-4-11-5-3-8/h8-11H,2-7H2,1H3/t9-,10-. The molecule has 1 saturated heterocycles. The molecule has 0 aromatic heterocycles. The number of ether oxygens (including phenoxy) is 2. The molecule has 0 spiro atoms. The largest absolute Gasteiger partial charge is 0.381 e. The Labute approximate surface area is 79.8 Å². The summed E-state index contributed by atoms with van der Waals surface area (Å²) in [4.78, 5) is 0. The summed E-state index contributed by atoms with van der Waals surface area (Å²) in [6.07, 6.45) is 5.99.